The lowest BCUT2D eigenvalue weighted by Gasteiger charge is -2.26. The molecule has 0 aromatic heterocycles. The van der Waals surface area contributed by atoms with Crippen molar-refractivity contribution in [1.82, 2.24) is 10.2 Å². The zero-order valence-corrected chi connectivity index (χ0v) is 12.5. The first-order chi connectivity index (χ1) is 10.0. The van der Waals surface area contributed by atoms with Gasteiger partial charge in [-0.2, -0.15) is 0 Å². The van der Waals surface area contributed by atoms with Crippen LogP contribution in [0.3, 0.4) is 0 Å². The monoisotopic (exact) mass is 290 g/mol. The van der Waals surface area contributed by atoms with E-state index in [1.165, 1.54) is 0 Å². The number of aromatic carboxylic acids is 1. The maximum absolute atomic E-state index is 12.2. The Labute approximate surface area is 125 Å². The van der Waals surface area contributed by atoms with E-state index in [0.29, 0.717) is 18.5 Å². The van der Waals surface area contributed by atoms with Gasteiger partial charge < -0.3 is 15.3 Å². The van der Waals surface area contributed by atoms with Gasteiger partial charge >= 0.3 is 12.0 Å². The molecule has 0 bridgehead atoms. The smallest absolute Gasteiger partial charge is 0.335 e. The lowest BCUT2D eigenvalue weighted by atomic mass is 10.0. The van der Waals surface area contributed by atoms with Gasteiger partial charge in [0.25, 0.3) is 0 Å². The van der Waals surface area contributed by atoms with E-state index in [4.69, 9.17) is 5.11 Å². The summed E-state index contributed by atoms with van der Waals surface area (Å²) in [6, 6.07) is 6.85. The molecule has 1 heterocycles. The minimum absolute atomic E-state index is 0.0338. The third-order valence-corrected chi connectivity index (χ3v) is 4.21. The van der Waals surface area contributed by atoms with Gasteiger partial charge in [-0.1, -0.05) is 26.0 Å². The van der Waals surface area contributed by atoms with Crippen molar-refractivity contribution in [3.05, 3.63) is 35.4 Å². The predicted molar refractivity (Wildman–Crippen MR) is 80.2 cm³/mol. The Bertz CT molecular complexity index is 513. The molecule has 0 saturated carbocycles. The summed E-state index contributed by atoms with van der Waals surface area (Å²) in [7, 11) is 0. The molecule has 1 saturated heterocycles. The zero-order chi connectivity index (χ0) is 15.4. The molecule has 0 spiro atoms. The average Bonchev–Trinajstić information content (AvgIpc) is 2.86. The molecular formula is C16H22N2O3. The van der Waals surface area contributed by atoms with Crippen molar-refractivity contribution in [3.63, 3.8) is 0 Å². The van der Waals surface area contributed by atoms with Crippen molar-refractivity contribution in [2.75, 3.05) is 6.54 Å². The average molecular weight is 290 g/mol. The molecule has 5 heteroatoms. The minimum Gasteiger partial charge on any atom is -0.478 e. The Morgan fingerprint density at radius 1 is 1.33 bits per heavy atom. The largest absolute Gasteiger partial charge is 0.478 e. The normalized spacial score (nSPS) is 21.3. The molecule has 2 N–H and O–H groups in total. The van der Waals surface area contributed by atoms with Crippen LogP contribution in [0.25, 0.3) is 0 Å². The highest BCUT2D eigenvalue weighted by molar-refractivity contribution is 5.87. The van der Waals surface area contributed by atoms with Crippen LogP contribution in [0.2, 0.25) is 0 Å². The standard InChI is InChI=1S/C16H22N2O3/c1-3-14-11(2)8-9-18(14)16(21)17-10-12-4-6-13(7-5-12)15(19)20/h4-7,11,14H,3,8-10H2,1-2H3,(H,17,21)(H,19,20). The third kappa shape index (κ3) is 3.54. The molecule has 1 aliphatic heterocycles. The Morgan fingerprint density at radius 3 is 2.57 bits per heavy atom. The number of rotatable bonds is 4. The van der Waals surface area contributed by atoms with Gasteiger partial charge in [0.1, 0.15) is 0 Å². The second kappa shape index (κ2) is 6.61. The SMILES string of the molecule is CCC1C(C)CCN1C(=O)NCc1ccc(C(=O)O)cc1. The number of carboxylic acid groups (broad SMARTS) is 1. The fraction of sp³-hybridized carbons (Fsp3) is 0.500. The molecule has 2 unspecified atom stereocenters. The number of amides is 2. The Morgan fingerprint density at radius 2 is 2.00 bits per heavy atom. The molecule has 2 rings (SSSR count). The maximum atomic E-state index is 12.2. The number of carbonyl (C=O) groups excluding carboxylic acids is 1. The van der Waals surface area contributed by atoms with E-state index in [9.17, 15) is 9.59 Å². The number of hydrogen-bond acceptors (Lipinski definition) is 2. The third-order valence-electron chi connectivity index (χ3n) is 4.21. The van der Waals surface area contributed by atoms with E-state index in [0.717, 1.165) is 24.9 Å². The van der Waals surface area contributed by atoms with Crippen LogP contribution >= 0.6 is 0 Å². The molecule has 1 aliphatic rings. The highest BCUT2D eigenvalue weighted by atomic mass is 16.4. The van der Waals surface area contributed by atoms with Crippen LogP contribution in [-0.2, 0) is 6.54 Å². The van der Waals surface area contributed by atoms with E-state index in [1.54, 1.807) is 24.3 Å². The topological polar surface area (TPSA) is 69.6 Å². The van der Waals surface area contributed by atoms with Gasteiger partial charge in [-0.05, 0) is 36.5 Å². The molecule has 0 radical (unpaired) electrons. The minimum atomic E-state index is -0.942. The number of urea groups is 1. The number of benzene rings is 1. The van der Waals surface area contributed by atoms with E-state index < -0.39 is 5.97 Å². The first-order valence-electron chi connectivity index (χ1n) is 7.39. The summed E-state index contributed by atoms with van der Waals surface area (Å²) in [5.74, 6) is -0.391. The van der Waals surface area contributed by atoms with E-state index in [1.807, 2.05) is 4.90 Å². The highest BCUT2D eigenvalue weighted by Gasteiger charge is 2.32. The van der Waals surface area contributed by atoms with Crippen molar-refractivity contribution in [1.29, 1.82) is 0 Å². The van der Waals surface area contributed by atoms with Crippen molar-refractivity contribution in [2.45, 2.75) is 39.3 Å². The van der Waals surface area contributed by atoms with Gasteiger partial charge in [-0.3, -0.25) is 0 Å². The molecule has 114 valence electrons. The molecule has 1 aromatic rings. The quantitative estimate of drug-likeness (QED) is 0.895. The van der Waals surface area contributed by atoms with Crippen molar-refractivity contribution < 1.29 is 14.7 Å². The summed E-state index contributed by atoms with van der Waals surface area (Å²) in [6.45, 7) is 5.52. The Hall–Kier alpha value is -2.04. The summed E-state index contributed by atoms with van der Waals surface area (Å²) in [5.41, 5.74) is 1.15. The van der Waals surface area contributed by atoms with E-state index >= 15 is 0 Å². The van der Waals surface area contributed by atoms with Crippen LogP contribution in [-0.4, -0.2) is 34.6 Å². The Balaban J connectivity index is 1.90. The predicted octanol–water partition coefficient (Wildman–Crippen LogP) is 2.71. The summed E-state index contributed by atoms with van der Waals surface area (Å²) < 4.78 is 0. The zero-order valence-electron chi connectivity index (χ0n) is 12.5. The second-order valence-corrected chi connectivity index (χ2v) is 5.60. The summed E-state index contributed by atoms with van der Waals surface area (Å²) in [6.07, 6.45) is 2.03. The van der Waals surface area contributed by atoms with Crippen LogP contribution in [0.15, 0.2) is 24.3 Å². The Kier molecular flexibility index (Phi) is 4.83. The van der Waals surface area contributed by atoms with Gasteiger partial charge in [-0.15, -0.1) is 0 Å². The maximum Gasteiger partial charge on any atom is 0.335 e. The van der Waals surface area contributed by atoms with Gasteiger partial charge in [0.2, 0.25) is 0 Å². The number of carboxylic acids is 1. The van der Waals surface area contributed by atoms with E-state index in [-0.39, 0.29) is 11.6 Å². The number of nitrogens with one attached hydrogen (secondary N) is 1. The van der Waals surface area contributed by atoms with Crippen LogP contribution in [0, 0.1) is 5.92 Å². The summed E-state index contributed by atoms with van der Waals surface area (Å²) in [4.78, 5) is 24.9. The van der Waals surface area contributed by atoms with Crippen LogP contribution in [0.5, 0.6) is 0 Å². The number of likely N-dealkylation sites (tertiary alicyclic amines) is 1. The van der Waals surface area contributed by atoms with Gasteiger partial charge in [-0.25, -0.2) is 9.59 Å². The van der Waals surface area contributed by atoms with Crippen molar-refractivity contribution >= 4 is 12.0 Å². The molecular weight excluding hydrogens is 268 g/mol. The molecule has 0 aliphatic carbocycles. The summed E-state index contributed by atoms with van der Waals surface area (Å²) in [5, 5.41) is 11.8. The molecule has 1 aromatic carbocycles. The summed E-state index contributed by atoms with van der Waals surface area (Å²) >= 11 is 0. The van der Waals surface area contributed by atoms with Crippen molar-refractivity contribution in [2.24, 2.45) is 5.92 Å². The highest BCUT2D eigenvalue weighted by Crippen LogP contribution is 2.26. The molecule has 21 heavy (non-hydrogen) atoms. The number of nitrogens with zero attached hydrogens (tertiary/aromatic N) is 1. The van der Waals surface area contributed by atoms with Crippen LogP contribution < -0.4 is 5.32 Å². The fourth-order valence-electron chi connectivity index (χ4n) is 2.93. The van der Waals surface area contributed by atoms with Gasteiger partial charge in [0.05, 0.1) is 5.56 Å². The van der Waals surface area contributed by atoms with E-state index in [2.05, 4.69) is 19.2 Å². The number of hydrogen-bond donors (Lipinski definition) is 2. The molecule has 2 atom stereocenters. The molecule has 1 fully saturated rings. The lowest BCUT2D eigenvalue weighted by Crippen LogP contribution is -2.43. The van der Waals surface area contributed by atoms with Crippen LogP contribution in [0.1, 0.15) is 42.6 Å². The number of carbonyl (C=O) groups is 2. The van der Waals surface area contributed by atoms with Gasteiger partial charge in [0.15, 0.2) is 0 Å². The second-order valence-electron chi connectivity index (χ2n) is 5.60. The van der Waals surface area contributed by atoms with Crippen molar-refractivity contribution in [3.8, 4) is 0 Å². The van der Waals surface area contributed by atoms with Crippen LogP contribution in [0.4, 0.5) is 4.79 Å². The van der Waals surface area contributed by atoms with Gasteiger partial charge in [0, 0.05) is 19.1 Å². The fourth-order valence-corrected chi connectivity index (χ4v) is 2.93. The molecule has 2 amide bonds. The first-order valence-corrected chi connectivity index (χ1v) is 7.39. The first kappa shape index (κ1) is 15.4. The lowest BCUT2D eigenvalue weighted by molar-refractivity contribution is 0.0697. The molecule has 5 nitrogen and oxygen atoms in total.